The number of benzene rings is 2. The predicted octanol–water partition coefficient (Wildman–Crippen LogP) is 4.06. The van der Waals surface area contributed by atoms with E-state index >= 15 is 0 Å². The monoisotopic (exact) mass is 372 g/mol. The standard InChI is InChI=1S/C21H24O4S/c1-4-16-13(2)8-11-19(26(22,23)24-3)20(16)18-12-15-10-9-14-6-5-7-17(14)21(15)25-18/h8-11,18H,4-7,12H2,1-3H3/t18-/m1/s1. The van der Waals surface area contributed by atoms with Gasteiger partial charge in [0.05, 0.1) is 7.11 Å². The zero-order valence-corrected chi connectivity index (χ0v) is 16.3. The van der Waals surface area contributed by atoms with Crippen molar-refractivity contribution in [2.45, 2.75) is 57.0 Å². The van der Waals surface area contributed by atoms with Crippen LogP contribution in [0.5, 0.6) is 5.75 Å². The van der Waals surface area contributed by atoms with Gasteiger partial charge in [-0.25, -0.2) is 0 Å². The summed E-state index contributed by atoms with van der Waals surface area (Å²) in [6.07, 6.45) is 4.47. The van der Waals surface area contributed by atoms with E-state index in [1.807, 2.05) is 13.0 Å². The van der Waals surface area contributed by atoms with E-state index < -0.39 is 10.1 Å². The van der Waals surface area contributed by atoms with Gasteiger partial charge >= 0.3 is 0 Å². The van der Waals surface area contributed by atoms with Gasteiger partial charge in [-0.1, -0.05) is 25.1 Å². The summed E-state index contributed by atoms with van der Waals surface area (Å²) >= 11 is 0. The molecule has 0 saturated heterocycles. The SMILES string of the molecule is CCc1c(C)ccc(S(=O)(=O)OC)c1[C@H]1Cc2ccc3c(c2O1)CCC3. The molecule has 26 heavy (non-hydrogen) atoms. The maximum absolute atomic E-state index is 12.5. The molecule has 0 radical (unpaired) electrons. The van der Waals surface area contributed by atoms with Gasteiger partial charge in [-0.3, -0.25) is 4.18 Å². The molecule has 0 fully saturated rings. The highest BCUT2D eigenvalue weighted by atomic mass is 32.2. The zero-order chi connectivity index (χ0) is 18.5. The van der Waals surface area contributed by atoms with Crippen molar-refractivity contribution in [3.8, 4) is 5.75 Å². The van der Waals surface area contributed by atoms with Crippen LogP contribution in [0.4, 0.5) is 0 Å². The van der Waals surface area contributed by atoms with E-state index in [0.29, 0.717) is 6.42 Å². The smallest absolute Gasteiger partial charge is 0.297 e. The second kappa shape index (κ2) is 6.39. The molecule has 1 aliphatic heterocycles. The van der Waals surface area contributed by atoms with Crippen molar-refractivity contribution in [2.75, 3.05) is 7.11 Å². The Hall–Kier alpha value is -1.85. The zero-order valence-electron chi connectivity index (χ0n) is 15.5. The second-order valence-electron chi connectivity index (χ2n) is 7.10. The number of rotatable bonds is 4. The van der Waals surface area contributed by atoms with Crippen molar-refractivity contribution in [3.63, 3.8) is 0 Å². The van der Waals surface area contributed by atoms with E-state index in [2.05, 4.69) is 19.1 Å². The molecule has 0 saturated carbocycles. The van der Waals surface area contributed by atoms with Gasteiger partial charge in [-0.05, 0) is 66.5 Å². The van der Waals surface area contributed by atoms with Crippen LogP contribution in [0.2, 0.25) is 0 Å². The average molecular weight is 372 g/mol. The summed E-state index contributed by atoms with van der Waals surface area (Å²) in [6.45, 7) is 4.07. The van der Waals surface area contributed by atoms with E-state index in [0.717, 1.165) is 48.1 Å². The minimum absolute atomic E-state index is 0.233. The van der Waals surface area contributed by atoms with Crippen molar-refractivity contribution < 1.29 is 17.3 Å². The molecule has 2 aromatic rings. The summed E-state index contributed by atoms with van der Waals surface area (Å²) in [5, 5.41) is 0. The Morgan fingerprint density at radius 2 is 1.92 bits per heavy atom. The third-order valence-electron chi connectivity index (χ3n) is 5.69. The van der Waals surface area contributed by atoms with Gasteiger partial charge in [0.1, 0.15) is 16.7 Å². The lowest BCUT2D eigenvalue weighted by Crippen LogP contribution is -2.16. The molecule has 1 aliphatic carbocycles. The molecule has 5 heteroatoms. The van der Waals surface area contributed by atoms with Gasteiger partial charge < -0.3 is 4.74 Å². The van der Waals surface area contributed by atoms with E-state index in [1.54, 1.807) is 6.07 Å². The van der Waals surface area contributed by atoms with Crippen LogP contribution in [0, 0.1) is 6.92 Å². The van der Waals surface area contributed by atoms with E-state index in [-0.39, 0.29) is 11.0 Å². The van der Waals surface area contributed by atoms with Crippen LogP contribution in [0.15, 0.2) is 29.2 Å². The van der Waals surface area contributed by atoms with Gasteiger partial charge in [-0.15, -0.1) is 0 Å². The molecule has 0 unspecified atom stereocenters. The number of aryl methyl sites for hydroxylation is 2. The Balaban J connectivity index is 1.85. The Bertz CT molecular complexity index is 976. The quantitative estimate of drug-likeness (QED) is 0.760. The third kappa shape index (κ3) is 2.65. The summed E-state index contributed by atoms with van der Waals surface area (Å²) in [7, 11) is -2.58. The first kappa shape index (κ1) is 17.6. The normalized spacial score (nSPS) is 18.5. The van der Waals surface area contributed by atoms with Crippen LogP contribution < -0.4 is 4.74 Å². The number of hydrogen-bond acceptors (Lipinski definition) is 4. The Morgan fingerprint density at radius 3 is 2.65 bits per heavy atom. The van der Waals surface area contributed by atoms with Gasteiger partial charge in [-0.2, -0.15) is 8.42 Å². The molecule has 138 valence electrons. The molecule has 0 amide bonds. The van der Waals surface area contributed by atoms with E-state index in [4.69, 9.17) is 8.92 Å². The summed E-state index contributed by atoms with van der Waals surface area (Å²) in [6, 6.07) is 7.86. The summed E-state index contributed by atoms with van der Waals surface area (Å²) in [5.41, 5.74) is 6.75. The first-order valence-corrected chi connectivity index (χ1v) is 10.6. The first-order valence-electron chi connectivity index (χ1n) is 9.19. The second-order valence-corrected chi connectivity index (χ2v) is 8.78. The minimum atomic E-state index is -3.79. The first-order chi connectivity index (χ1) is 12.5. The molecule has 1 atom stereocenters. The molecular formula is C21H24O4S. The lowest BCUT2D eigenvalue weighted by Gasteiger charge is -2.21. The summed E-state index contributed by atoms with van der Waals surface area (Å²) in [4.78, 5) is 0.233. The van der Waals surface area contributed by atoms with E-state index in [9.17, 15) is 8.42 Å². The van der Waals surface area contributed by atoms with Crippen LogP contribution >= 0.6 is 0 Å². The molecule has 0 aromatic heterocycles. The molecular weight excluding hydrogens is 348 g/mol. The molecule has 4 nitrogen and oxygen atoms in total. The van der Waals surface area contributed by atoms with E-state index in [1.165, 1.54) is 23.8 Å². The highest BCUT2D eigenvalue weighted by Gasteiger charge is 2.34. The molecule has 2 aliphatic rings. The van der Waals surface area contributed by atoms with Crippen molar-refractivity contribution in [1.29, 1.82) is 0 Å². The number of fused-ring (bicyclic) bond motifs is 3. The molecule has 4 rings (SSSR count). The largest absolute Gasteiger partial charge is 0.485 e. The van der Waals surface area contributed by atoms with Crippen LogP contribution in [-0.4, -0.2) is 15.5 Å². The van der Waals surface area contributed by atoms with Gasteiger partial charge in [0.25, 0.3) is 10.1 Å². The fraction of sp³-hybridized carbons (Fsp3) is 0.429. The molecule has 0 spiro atoms. The van der Waals surface area contributed by atoms with Gasteiger partial charge in [0.15, 0.2) is 0 Å². The topological polar surface area (TPSA) is 52.6 Å². The Kier molecular flexibility index (Phi) is 4.32. The van der Waals surface area contributed by atoms with Crippen molar-refractivity contribution in [2.24, 2.45) is 0 Å². The van der Waals surface area contributed by atoms with Crippen LogP contribution in [0.25, 0.3) is 0 Å². The summed E-state index contributed by atoms with van der Waals surface area (Å²) in [5.74, 6) is 0.981. The van der Waals surface area contributed by atoms with Crippen molar-refractivity contribution in [3.05, 3.63) is 57.6 Å². The molecule has 1 heterocycles. The Labute approximate surface area is 155 Å². The highest BCUT2D eigenvalue weighted by molar-refractivity contribution is 7.86. The lowest BCUT2D eigenvalue weighted by molar-refractivity contribution is 0.231. The lowest BCUT2D eigenvalue weighted by atomic mass is 9.93. The fourth-order valence-corrected chi connectivity index (χ4v) is 5.35. The molecule has 0 N–H and O–H groups in total. The van der Waals surface area contributed by atoms with Gasteiger partial charge in [0.2, 0.25) is 0 Å². The summed E-state index contributed by atoms with van der Waals surface area (Å²) < 4.78 is 36.3. The molecule has 2 aromatic carbocycles. The van der Waals surface area contributed by atoms with Gasteiger partial charge in [0, 0.05) is 12.0 Å². The Morgan fingerprint density at radius 1 is 1.15 bits per heavy atom. The molecule has 0 bridgehead atoms. The van der Waals surface area contributed by atoms with Crippen LogP contribution in [0.1, 0.15) is 52.8 Å². The minimum Gasteiger partial charge on any atom is -0.485 e. The number of ether oxygens (including phenoxy) is 1. The average Bonchev–Trinajstić information content (AvgIpc) is 3.26. The predicted molar refractivity (Wildman–Crippen MR) is 100 cm³/mol. The highest BCUT2D eigenvalue weighted by Crippen LogP contribution is 2.45. The third-order valence-corrected chi connectivity index (χ3v) is 7.03. The van der Waals surface area contributed by atoms with Crippen LogP contribution in [-0.2, 0) is 40.0 Å². The number of hydrogen-bond donors (Lipinski definition) is 0. The van der Waals surface area contributed by atoms with Crippen LogP contribution in [0.3, 0.4) is 0 Å². The van der Waals surface area contributed by atoms with Crippen molar-refractivity contribution in [1.82, 2.24) is 0 Å². The van der Waals surface area contributed by atoms with Crippen molar-refractivity contribution >= 4 is 10.1 Å². The fourth-order valence-electron chi connectivity index (χ4n) is 4.42. The maximum Gasteiger partial charge on any atom is 0.297 e. The maximum atomic E-state index is 12.5.